The van der Waals surface area contributed by atoms with Crippen molar-refractivity contribution in [3.63, 3.8) is 0 Å². The van der Waals surface area contributed by atoms with E-state index in [9.17, 15) is 13.2 Å². The number of hydrogen-bond donors (Lipinski definition) is 0. The first kappa shape index (κ1) is 81.3. The van der Waals surface area contributed by atoms with Crippen molar-refractivity contribution in [3.8, 4) is 11.8 Å². The van der Waals surface area contributed by atoms with Gasteiger partial charge >= 0.3 is 95.9 Å². The number of fused-ring (bicyclic) bond motifs is 3. The number of halogens is 3. The van der Waals surface area contributed by atoms with Gasteiger partial charge in [-0.15, -0.1) is 0 Å². The second-order valence-corrected chi connectivity index (χ2v) is 10.2. The Bertz CT molecular complexity index is 2100. The monoisotopic (exact) mass is 1160 g/mol. The van der Waals surface area contributed by atoms with Crippen molar-refractivity contribution in [3.05, 3.63) is 173 Å². The minimum Gasteiger partial charge on any atom is -0.793 e. The van der Waals surface area contributed by atoms with Gasteiger partial charge in [0.1, 0.15) is 0 Å². The van der Waals surface area contributed by atoms with Crippen molar-refractivity contribution in [2.75, 3.05) is 11.5 Å². The summed E-state index contributed by atoms with van der Waals surface area (Å²) in [6, 6.07) is 23.1. The Morgan fingerprint density at radius 2 is 0.903 bits per heavy atom. The van der Waals surface area contributed by atoms with E-state index in [1.165, 1.54) is 0 Å². The Morgan fingerprint density at radius 1 is 0.597 bits per heavy atom. The molecule has 0 saturated carbocycles. The molecule has 0 aliphatic heterocycles. The second-order valence-electron chi connectivity index (χ2n) is 8.02. The molecule has 0 unspecified atom stereocenters. The van der Waals surface area contributed by atoms with Gasteiger partial charge in [-0.1, -0.05) is 66.8 Å². The van der Waals surface area contributed by atoms with Crippen LogP contribution >= 0.6 is 0 Å². The molecule has 325 valence electrons. The topological polar surface area (TPSA) is 259 Å². The predicted molar refractivity (Wildman–Crippen MR) is 196 cm³/mol. The van der Waals surface area contributed by atoms with Crippen molar-refractivity contribution in [2.45, 2.75) is 11.9 Å². The summed E-state index contributed by atoms with van der Waals surface area (Å²) in [6.07, 6.45) is 8.05. The molecular formula is C38H22F3Fe2N4O11ReS3-3. The number of rotatable bonds is 2. The van der Waals surface area contributed by atoms with Crippen LogP contribution in [0.2, 0.25) is 0 Å². The fourth-order valence-electron chi connectivity index (χ4n) is 2.94. The molecule has 62 heavy (non-hydrogen) atoms. The summed E-state index contributed by atoms with van der Waals surface area (Å²) < 4.78 is 119. The van der Waals surface area contributed by atoms with Crippen LogP contribution in [0, 0.1) is 71.6 Å². The Balaban J connectivity index is -0.0000000673. The van der Waals surface area contributed by atoms with Gasteiger partial charge in [0, 0.05) is 101 Å². The molecule has 5 aromatic rings. The first-order valence-electron chi connectivity index (χ1n) is 13.8. The third-order valence-corrected chi connectivity index (χ3v) is 6.09. The van der Waals surface area contributed by atoms with Gasteiger partial charge in [-0.05, 0) is 24.3 Å². The molecule has 0 fully saturated rings. The van der Waals surface area contributed by atoms with Crippen LogP contribution in [0.1, 0.15) is 17.5 Å². The smallest absolute Gasteiger partial charge is 0.0964 e. The third kappa shape index (κ3) is 42.2. The maximum Gasteiger partial charge on any atom is 0.0964 e. The minimum absolute atomic E-state index is 0. The van der Waals surface area contributed by atoms with Crippen LogP contribution in [0.5, 0.6) is 0 Å². The number of alkyl halides is 3. The van der Waals surface area contributed by atoms with Crippen molar-refractivity contribution >= 4 is 62.9 Å². The Hall–Kier alpha value is -4.52. The van der Waals surface area contributed by atoms with Gasteiger partial charge in [0.2, 0.25) is 0 Å². The molecule has 3 heterocycles. The van der Waals surface area contributed by atoms with Gasteiger partial charge < -0.3 is 29.8 Å². The van der Waals surface area contributed by atoms with E-state index in [1.807, 2.05) is 36.4 Å². The summed E-state index contributed by atoms with van der Waals surface area (Å²) in [5.41, 5.74) is -1.22. The number of hydrogen-bond acceptors (Lipinski definition) is 8. The van der Waals surface area contributed by atoms with Crippen LogP contribution < -0.4 is 0 Å². The molecule has 0 spiro atoms. The van der Waals surface area contributed by atoms with Crippen LogP contribution in [0.3, 0.4) is 0 Å². The summed E-state index contributed by atoms with van der Waals surface area (Å²) in [4.78, 5) is 15.9. The Labute approximate surface area is 401 Å². The van der Waals surface area contributed by atoms with E-state index in [4.69, 9.17) is 56.8 Å². The van der Waals surface area contributed by atoms with Gasteiger partial charge in [-0.3, -0.25) is 15.0 Å². The van der Waals surface area contributed by atoms with E-state index >= 15 is 0 Å². The van der Waals surface area contributed by atoms with Gasteiger partial charge in [-0.25, -0.2) is 13.3 Å². The summed E-state index contributed by atoms with van der Waals surface area (Å²) in [6.45, 7) is 42.8. The summed E-state index contributed by atoms with van der Waals surface area (Å²) in [5.74, 6) is 7.71. The summed E-state index contributed by atoms with van der Waals surface area (Å²) in [5, 5.41) is 2.28. The van der Waals surface area contributed by atoms with Crippen LogP contribution in [-0.4, -0.2) is 44.9 Å². The fourth-order valence-corrected chi connectivity index (χ4v) is 3.41. The molecule has 2 aromatic carbocycles. The number of aromatic nitrogens is 3. The summed E-state index contributed by atoms with van der Waals surface area (Å²) >= 11 is 9.17. The van der Waals surface area contributed by atoms with Gasteiger partial charge in [-0.2, -0.15) is 24.7 Å². The van der Waals surface area contributed by atoms with E-state index in [-0.39, 0.29) is 54.6 Å². The van der Waals surface area contributed by atoms with E-state index in [0.717, 1.165) is 50.9 Å². The largest absolute Gasteiger partial charge is 0.793 e. The average molecular weight is 1160 g/mol. The van der Waals surface area contributed by atoms with Gasteiger partial charge in [0.15, 0.2) is 15.8 Å². The normalized spacial score (nSPS) is 7.44. The van der Waals surface area contributed by atoms with Crippen LogP contribution in [0.25, 0.3) is 26.7 Å². The van der Waals surface area contributed by atoms with Crippen molar-refractivity contribution in [1.29, 1.82) is 0 Å². The standard InChI is InChI=1S/C14H8N2.C12H8N2.C3H8S2.CHF3O3S.8CO.2Fe.Re/c1-15-14-6-4-12(5-7-14)2-3-13-8-10-16-11-9-13;1-3-9-5-6-10-4-2-8-14-12(10)11(9)13-7-1;4-2-1-3-5;2-1(3,4)8(5,6)7;8*1-2;;;/h4-11H;1-8H;4-5H,1-3H2;(H,5,6,7);;;;;;;;;;;/p-3. The SMILES string of the molecule is O=S(=O)([O-])C(F)(F)F.[C-]#[N+]c1ccc(C#Cc2ccncc2)cc1.[C-]#[O+].[C-]#[O+].[C-]#[O+].[C-]#[O+].[C-]#[O+].[C-]#[O+].[C-]#[O+].[C-]#[O+].[Fe].[Fe].[Re].[S-]CCC[S-].c1cnc2c(c1)ccc1cccnc12. The van der Waals surface area contributed by atoms with Crippen LogP contribution in [0.4, 0.5) is 18.9 Å². The van der Waals surface area contributed by atoms with Crippen molar-refractivity contribution in [1.82, 2.24) is 15.0 Å². The molecule has 24 heteroatoms. The molecule has 5 rings (SSSR count). The molecule has 15 nitrogen and oxygen atoms in total. The molecular weight excluding hydrogens is 1140 g/mol. The van der Waals surface area contributed by atoms with Crippen LogP contribution in [0.15, 0.2) is 97.6 Å². The van der Waals surface area contributed by atoms with E-state index in [0.29, 0.717) is 5.69 Å². The molecule has 0 atom stereocenters. The molecule has 0 aliphatic rings. The molecule has 0 bridgehead atoms. The van der Waals surface area contributed by atoms with Crippen molar-refractivity contribution in [2.24, 2.45) is 0 Å². The number of benzene rings is 2. The number of nitrogens with zero attached hydrogens (tertiary/aromatic N) is 4. The Kier molecular flexibility index (Phi) is 79.7. The molecule has 0 aliphatic carbocycles. The second kappa shape index (κ2) is 60.8. The first-order chi connectivity index (χ1) is 28.5. The van der Waals surface area contributed by atoms with Gasteiger partial charge in [0.05, 0.1) is 17.6 Å². The van der Waals surface area contributed by atoms with Gasteiger partial charge in [0.25, 0.3) is 0 Å². The van der Waals surface area contributed by atoms with Crippen LogP contribution in [-0.2, 0) is 127 Å². The minimum atomic E-state index is -6.09. The van der Waals surface area contributed by atoms with Crippen molar-refractivity contribution < 1.29 is 118 Å². The molecule has 3 aromatic heterocycles. The third-order valence-electron chi connectivity index (χ3n) is 4.94. The zero-order chi connectivity index (χ0) is 47.7. The quantitative estimate of drug-likeness (QED) is 0.0294. The zero-order valence-electron chi connectivity index (χ0n) is 30.6. The fraction of sp³-hybridized carbons (Fsp3) is 0.105. The average Bonchev–Trinajstić information content (AvgIpc) is 3.32. The molecule has 0 amide bonds. The zero-order valence-corrected chi connectivity index (χ0v) is 38.0. The molecule has 0 N–H and O–H groups in total. The first-order valence-corrected chi connectivity index (χ1v) is 16.4. The Morgan fingerprint density at radius 3 is 1.16 bits per heavy atom. The van der Waals surface area contributed by atoms with E-state index in [1.54, 1.807) is 36.9 Å². The summed E-state index contributed by atoms with van der Waals surface area (Å²) in [7, 11) is -6.09. The maximum absolute atomic E-state index is 10.7. The van der Waals surface area contributed by atoms with E-state index < -0.39 is 15.6 Å². The maximum atomic E-state index is 10.7. The molecule has 1 radical (unpaired) electrons. The van der Waals surface area contributed by atoms with E-state index in [2.05, 4.69) is 134 Å². The number of pyridine rings is 3. The predicted octanol–water partition coefficient (Wildman–Crippen LogP) is 6.03. The molecule has 0 saturated heterocycles.